The van der Waals surface area contributed by atoms with Gasteiger partial charge in [0.1, 0.15) is 12.1 Å². The van der Waals surface area contributed by atoms with Gasteiger partial charge in [0.05, 0.1) is 22.5 Å². The molecule has 0 aromatic heterocycles. The molecule has 0 aliphatic rings. The lowest BCUT2D eigenvalue weighted by Crippen LogP contribution is -1.96. The molecule has 3 N–H and O–H groups in total. The molecule has 2 aromatic rings. The van der Waals surface area contributed by atoms with E-state index in [1.165, 1.54) is 0 Å². The van der Waals surface area contributed by atoms with Crippen LogP contribution in [-0.4, -0.2) is 0 Å². The number of nitrogens with zero attached hydrogens (tertiary/aromatic N) is 2. The Morgan fingerprint density at radius 3 is 2.33 bits per heavy atom. The number of nitrogens with one attached hydrogen (secondary N) is 1. The van der Waals surface area contributed by atoms with Crippen molar-refractivity contribution in [3.8, 4) is 12.1 Å². The number of para-hydroxylation sites is 2. The molecule has 4 nitrogen and oxygen atoms in total. The van der Waals surface area contributed by atoms with Crippen LogP contribution in [0.15, 0.2) is 42.5 Å². The van der Waals surface area contributed by atoms with E-state index in [0.717, 1.165) is 11.4 Å². The monoisotopic (exact) mass is 234 g/mol. The van der Waals surface area contributed by atoms with Crippen LogP contribution in [-0.2, 0) is 0 Å². The van der Waals surface area contributed by atoms with Gasteiger partial charge < -0.3 is 11.1 Å². The molecule has 2 aromatic carbocycles. The van der Waals surface area contributed by atoms with Gasteiger partial charge >= 0.3 is 0 Å². The molecule has 0 spiro atoms. The van der Waals surface area contributed by atoms with E-state index >= 15 is 0 Å². The fourth-order valence-electron chi connectivity index (χ4n) is 1.58. The summed E-state index contributed by atoms with van der Waals surface area (Å²) < 4.78 is 0. The van der Waals surface area contributed by atoms with Crippen molar-refractivity contribution in [1.29, 1.82) is 10.5 Å². The van der Waals surface area contributed by atoms with Gasteiger partial charge in [-0.3, -0.25) is 0 Å². The van der Waals surface area contributed by atoms with Crippen molar-refractivity contribution in [2.75, 3.05) is 11.1 Å². The van der Waals surface area contributed by atoms with Gasteiger partial charge in [0.25, 0.3) is 0 Å². The van der Waals surface area contributed by atoms with Crippen LogP contribution in [0.2, 0.25) is 0 Å². The summed E-state index contributed by atoms with van der Waals surface area (Å²) in [7, 11) is 0. The summed E-state index contributed by atoms with van der Waals surface area (Å²) >= 11 is 0. The molecule has 0 radical (unpaired) electrons. The minimum absolute atomic E-state index is 0.344. The molecule has 0 fully saturated rings. The highest BCUT2D eigenvalue weighted by atomic mass is 14.9. The van der Waals surface area contributed by atoms with Crippen molar-refractivity contribution in [2.45, 2.75) is 0 Å². The Hall–Kier alpha value is -2.98. The zero-order chi connectivity index (χ0) is 13.0. The number of hydrogen-bond acceptors (Lipinski definition) is 4. The normalized spacial score (nSPS) is 9.22. The lowest BCUT2D eigenvalue weighted by Gasteiger charge is -2.09. The second-order valence-electron chi connectivity index (χ2n) is 3.70. The fourth-order valence-corrected chi connectivity index (χ4v) is 1.58. The van der Waals surface area contributed by atoms with Crippen molar-refractivity contribution in [3.05, 3.63) is 53.6 Å². The maximum absolute atomic E-state index is 8.94. The fraction of sp³-hybridized carbons (Fsp3) is 0. The first kappa shape index (κ1) is 11.5. The number of nitrogen functional groups attached to an aromatic ring is 1. The summed E-state index contributed by atoms with van der Waals surface area (Å²) in [6.07, 6.45) is 0. The van der Waals surface area contributed by atoms with E-state index in [-0.39, 0.29) is 0 Å². The lowest BCUT2D eigenvalue weighted by molar-refractivity contribution is 1.42. The minimum atomic E-state index is 0.344. The van der Waals surface area contributed by atoms with E-state index in [4.69, 9.17) is 16.3 Å². The van der Waals surface area contributed by atoms with Gasteiger partial charge in [0.15, 0.2) is 0 Å². The van der Waals surface area contributed by atoms with Crippen LogP contribution in [0.5, 0.6) is 0 Å². The largest absolute Gasteiger partial charge is 0.397 e. The number of nitriles is 2. The Kier molecular flexibility index (Phi) is 3.13. The van der Waals surface area contributed by atoms with Gasteiger partial charge in [-0.2, -0.15) is 10.5 Å². The minimum Gasteiger partial charge on any atom is -0.397 e. The molecule has 4 heteroatoms. The predicted octanol–water partition coefficient (Wildman–Crippen LogP) is 2.76. The second-order valence-corrected chi connectivity index (χ2v) is 3.70. The molecule has 0 unspecified atom stereocenters. The van der Waals surface area contributed by atoms with Gasteiger partial charge in [-0.15, -0.1) is 0 Å². The molecule has 0 saturated heterocycles. The van der Waals surface area contributed by atoms with Gasteiger partial charge in [0.2, 0.25) is 0 Å². The molecule has 0 heterocycles. The Morgan fingerprint density at radius 1 is 0.944 bits per heavy atom. The Morgan fingerprint density at radius 2 is 1.67 bits per heavy atom. The smallest absolute Gasteiger partial charge is 0.101 e. The van der Waals surface area contributed by atoms with Crippen LogP contribution in [0.3, 0.4) is 0 Å². The van der Waals surface area contributed by atoms with E-state index in [9.17, 15) is 0 Å². The van der Waals surface area contributed by atoms with Crippen molar-refractivity contribution < 1.29 is 0 Å². The second kappa shape index (κ2) is 4.90. The van der Waals surface area contributed by atoms with Crippen molar-refractivity contribution in [1.82, 2.24) is 0 Å². The number of nitrogens with two attached hydrogens (primary N) is 1. The molecular weight excluding hydrogens is 224 g/mol. The number of rotatable bonds is 2. The van der Waals surface area contributed by atoms with E-state index in [1.54, 1.807) is 24.3 Å². The third kappa shape index (κ3) is 2.23. The first-order chi connectivity index (χ1) is 8.74. The van der Waals surface area contributed by atoms with Crippen LogP contribution >= 0.6 is 0 Å². The quantitative estimate of drug-likeness (QED) is 0.782. The van der Waals surface area contributed by atoms with Crippen LogP contribution in [0.4, 0.5) is 17.1 Å². The van der Waals surface area contributed by atoms with Crippen LogP contribution in [0, 0.1) is 22.7 Å². The third-order valence-electron chi connectivity index (χ3n) is 2.50. The van der Waals surface area contributed by atoms with Crippen molar-refractivity contribution in [3.63, 3.8) is 0 Å². The molecule has 0 aliphatic heterocycles. The molecule has 86 valence electrons. The number of benzene rings is 2. The maximum atomic E-state index is 8.94. The highest BCUT2D eigenvalue weighted by molar-refractivity contribution is 5.73. The molecule has 18 heavy (non-hydrogen) atoms. The molecular formula is C14H10N4. The highest BCUT2D eigenvalue weighted by Gasteiger charge is 2.04. The predicted molar refractivity (Wildman–Crippen MR) is 70.0 cm³/mol. The third-order valence-corrected chi connectivity index (χ3v) is 2.50. The SMILES string of the molecule is N#Cc1ccc(Nc2ccccc2N)cc1C#N. The zero-order valence-electron chi connectivity index (χ0n) is 9.51. The summed E-state index contributed by atoms with van der Waals surface area (Å²) in [5.74, 6) is 0. The first-order valence-corrected chi connectivity index (χ1v) is 5.30. The molecule has 0 amide bonds. The average Bonchev–Trinajstić information content (AvgIpc) is 2.41. The molecule has 0 atom stereocenters. The standard InChI is InChI=1S/C14H10N4/c15-8-10-5-6-12(7-11(10)9-16)18-14-4-2-1-3-13(14)17/h1-7,18H,17H2. The maximum Gasteiger partial charge on any atom is 0.101 e. The van der Waals surface area contributed by atoms with Crippen LogP contribution in [0.25, 0.3) is 0 Å². The Balaban J connectivity index is 2.35. The summed E-state index contributed by atoms with van der Waals surface area (Å²) in [5, 5.41) is 20.9. The summed E-state index contributed by atoms with van der Waals surface area (Å²) in [6.45, 7) is 0. The first-order valence-electron chi connectivity index (χ1n) is 5.30. The number of hydrogen-bond donors (Lipinski definition) is 2. The van der Waals surface area contributed by atoms with E-state index < -0.39 is 0 Å². The molecule has 0 aliphatic carbocycles. The zero-order valence-corrected chi connectivity index (χ0v) is 9.51. The summed E-state index contributed by atoms with van der Waals surface area (Å²) in [4.78, 5) is 0. The van der Waals surface area contributed by atoms with E-state index in [2.05, 4.69) is 5.32 Å². The molecule has 2 rings (SSSR count). The van der Waals surface area contributed by atoms with Gasteiger partial charge in [-0.1, -0.05) is 12.1 Å². The van der Waals surface area contributed by atoms with Crippen LogP contribution < -0.4 is 11.1 Å². The van der Waals surface area contributed by atoms with E-state index in [0.29, 0.717) is 16.8 Å². The topological polar surface area (TPSA) is 85.6 Å². The van der Waals surface area contributed by atoms with Crippen molar-refractivity contribution >= 4 is 17.1 Å². The molecule has 0 bridgehead atoms. The van der Waals surface area contributed by atoms with Gasteiger partial charge in [-0.25, -0.2) is 0 Å². The van der Waals surface area contributed by atoms with E-state index in [1.807, 2.05) is 30.3 Å². The summed E-state index contributed by atoms with van der Waals surface area (Å²) in [6, 6.07) is 16.3. The summed E-state index contributed by atoms with van der Waals surface area (Å²) in [5.41, 5.74) is 8.64. The lowest BCUT2D eigenvalue weighted by atomic mass is 10.1. The van der Waals surface area contributed by atoms with Gasteiger partial charge in [0, 0.05) is 5.69 Å². The number of anilines is 3. The average molecular weight is 234 g/mol. The van der Waals surface area contributed by atoms with Crippen molar-refractivity contribution in [2.24, 2.45) is 0 Å². The Bertz CT molecular complexity index is 662. The van der Waals surface area contributed by atoms with Crippen LogP contribution in [0.1, 0.15) is 11.1 Å². The Labute approximate surface area is 105 Å². The molecule has 0 saturated carbocycles. The van der Waals surface area contributed by atoms with Gasteiger partial charge in [-0.05, 0) is 30.3 Å². The highest BCUT2D eigenvalue weighted by Crippen LogP contribution is 2.23.